The second-order valence-electron chi connectivity index (χ2n) is 4.08. The molecule has 98 valence electrons. The zero-order chi connectivity index (χ0) is 13.7. The van der Waals surface area contributed by atoms with E-state index in [1.165, 1.54) is 0 Å². The van der Waals surface area contributed by atoms with Crippen LogP contribution in [-0.4, -0.2) is 28.9 Å². The van der Waals surface area contributed by atoms with Gasteiger partial charge < -0.3 is 10.6 Å². The minimum absolute atomic E-state index is 0.00400. The first-order valence-electron chi connectivity index (χ1n) is 5.79. The van der Waals surface area contributed by atoms with Gasteiger partial charge in [-0.1, -0.05) is 23.8 Å². The third-order valence-electron chi connectivity index (χ3n) is 2.65. The molecule has 0 fully saturated rings. The first kappa shape index (κ1) is 15.1. The molecule has 3 nitrogen and oxygen atoms in total. The van der Waals surface area contributed by atoms with Crippen LogP contribution >= 0.6 is 28.1 Å². The normalized spacial score (nSPS) is 10.2. The van der Waals surface area contributed by atoms with Gasteiger partial charge in [0.05, 0.1) is 10.6 Å². The Hall–Kier alpha value is -0.940. The minimum Gasteiger partial charge on any atom is -0.393 e. The number of nitrogens with zero attached hydrogens (tertiary/aromatic N) is 1. The van der Waals surface area contributed by atoms with E-state index < -0.39 is 0 Å². The molecule has 1 aromatic rings. The van der Waals surface area contributed by atoms with Crippen molar-refractivity contribution in [2.75, 3.05) is 13.1 Å². The van der Waals surface area contributed by atoms with Crippen LogP contribution in [0.15, 0.2) is 22.7 Å². The molecular formula is C13H17BrN2OS. The topological polar surface area (TPSA) is 46.3 Å². The van der Waals surface area contributed by atoms with E-state index in [4.69, 9.17) is 18.0 Å². The number of thiocarbonyl (C=S) groups is 1. The standard InChI is InChI=1S/C13H17BrN2OS/c1-3-16(7-6-12(15)18)13(17)10-8-9(2)4-5-11(10)14/h4-5,8H,3,6-7H2,1-2H3,(H2,15,18). The fraction of sp³-hybridized carbons (Fsp3) is 0.385. The molecule has 0 radical (unpaired) electrons. The van der Waals surface area contributed by atoms with Gasteiger partial charge in [-0.25, -0.2) is 0 Å². The molecule has 0 saturated carbocycles. The fourth-order valence-corrected chi connectivity index (χ4v) is 2.13. The van der Waals surface area contributed by atoms with Crippen LogP contribution in [0.1, 0.15) is 29.3 Å². The summed E-state index contributed by atoms with van der Waals surface area (Å²) >= 11 is 8.25. The number of hydrogen-bond acceptors (Lipinski definition) is 2. The molecule has 0 spiro atoms. The second kappa shape index (κ2) is 6.85. The highest BCUT2D eigenvalue weighted by Gasteiger charge is 2.16. The van der Waals surface area contributed by atoms with Gasteiger partial charge in [-0.05, 0) is 41.9 Å². The van der Waals surface area contributed by atoms with Crippen LogP contribution in [-0.2, 0) is 0 Å². The number of rotatable bonds is 5. The van der Waals surface area contributed by atoms with E-state index in [1.54, 1.807) is 4.90 Å². The third-order valence-corrected chi connectivity index (χ3v) is 3.54. The van der Waals surface area contributed by atoms with Gasteiger partial charge in [0.15, 0.2) is 0 Å². The molecule has 0 aliphatic carbocycles. The lowest BCUT2D eigenvalue weighted by Gasteiger charge is -2.21. The van der Waals surface area contributed by atoms with E-state index in [9.17, 15) is 4.79 Å². The minimum atomic E-state index is 0.00400. The Kier molecular flexibility index (Phi) is 5.75. The molecule has 0 aliphatic rings. The maximum absolute atomic E-state index is 12.4. The van der Waals surface area contributed by atoms with Crippen LogP contribution in [0.2, 0.25) is 0 Å². The number of nitrogens with two attached hydrogens (primary N) is 1. The third kappa shape index (κ3) is 4.07. The Balaban J connectivity index is 2.89. The maximum atomic E-state index is 12.4. The quantitative estimate of drug-likeness (QED) is 0.845. The van der Waals surface area contributed by atoms with Crippen molar-refractivity contribution in [1.82, 2.24) is 4.90 Å². The Bertz CT molecular complexity index is 462. The predicted molar refractivity (Wildman–Crippen MR) is 81.9 cm³/mol. The summed E-state index contributed by atoms with van der Waals surface area (Å²) < 4.78 is 0.812. The van der Waals surface area contributed by atoms with Gasteiger partial charge in [0.1, 0.15) is 0 Å². The number of benzene rings is 1. The van der Waals surface area contributed by atoms with Crippen LogP contribution in [0, 0.1) is 6.92 Å². The highest BCUT2D eigenvalue weighted by atomic mass is 79.9. The summed E-state index contributed by atoms with van der Waals surface area (Å²) in [6.07, 6.45) is 0.554. The van der Waals surface area contributed by atoms with Gasteiger partial charge in [0.25, 0.3) is 5.91 Å². The van der Waals surface area contributed by atoms with E-state index in [0.29, 0.717) is 30.1 Å². The van der Waals surface area contributed by atoms with Crippen molar-refractivity contribution in [3.05, 3.63) is 33.8 Å². The van der Waals surface area contributed by atoms with Gasteiger partial charge in [-0.2, -0.15) is 0 Å². The molecule has 1 aromatic carbocycles. The first-order chi connectivity index (χ1) is 8.45. The molecular weight excluding hydrogens is 312 g/mol. The molecule has 0 aromatic heterocycles. The lowest BCUT2D eigenvalue weighted by atomic mass is 10.1. The van der Waals surface area contributed by atoms with Crippen molar-refractivity contribution in [1.29, 1.82) is 0 Å². The summed E-state index contributed by atoms with van der Waals surface area (Å²) in [5, 5.41) is 0. The molecule has 1 rings (SSSR count). The van der Waals surface area contributed by atoms with Crippen molar-refractivity contribution in [2.45, 2.75) is 20.3 Å². The summed E-state index contributed by atoms with van der Waals surface area (Å²) in [6, 6.07) is 5.74. The van der Waals surface area contributed by atoms with Gasteiger partial charge in [0.2, 0.25) is 0 Å². The molecule has 2 N–H and O–H groups in total. The first-order valence-corrected chi connectivity index (χ1v) is 6.99. The number of halogens is 1. The number of carbonyl (C=O) groups is 1. The Morgan fingerprint density at radius 1 is 1.50 bits per heavy atom. The van der Waals surface area contributed by atoms with Crippen molar-refractivity contribution < 1.29 is 4.79 Å². The molecule has 5 heteroatoms. The SMILES string of the molecule is CCN(CCC(N)=S)C(=O)c1cc(C)ccc1Br. The predicted octanol–water partition coefficient (Wildman–Crippen LogP) is 2.90. The average molecular weight is 329 g/mol. The van der Waals surface area contributed by atoms with Crippen LogP contribution in [0.4, 0.5) is 0 Å². The van der Waals surface area contributed by atoms with Crippen LogP contribution in [0.25, 0.3) is 0 Å². The zero-order valence-corrected chi connectivity index (χ0v) is 13.0. The highest BCUT2D eigenvalue weighted by molar-refractivity contribution is 9.10. The van der Waals surface area contributed by atoms with E-state index in [-0.39, 0.29) is 5.91 Å². The largest absolute Gasteiger partial charge is 0.393 e. The van der Waals surface area contributed by atoms with Crippen molar-refractivity contribution in [3.8, 4) is 0 Å². The van der Waals surface area contributed by atoms with Crippen LogP contribution in [0.3, 0.4) is 0 Å². The van der Waals surface area contributed by atoms with E-state index in [2.05, 4.69) is 15.9 Å². The highest BCUT2D eigenvalue weighted by Crippen LogP contribution is 2.20. The van der Waals surface area contributed by atoms with Crippen LogP contribution < -0.4 is 5.73 Å². The lowest BCUT2D eigenvalue weighted by molar-refractivity contribution is 0.0768. The molecule has 0 aliphatic heterocycles. The second-order valence-corrected chi connectivity index (χ2v) is 5.46. The van der Waals surface area contributed by atoms with E-state index >= 15 is 0 Å². The van der Waals surface area contributed by atoms with Gasteiger partial charge in [0, 0.05) is 24.0 Å². The molecule has 0 unspecified atom stereocenters. The number of amides is 1. The molecule has 18 heavy (non-hydrogen) atoms. The van der Waals surface area contributed by atoms with Gasteiger partial charge in [-0.3, -0.25) is 4.79 Å². The van der Waals surface area contributed by atoms with E-state index in [0.717, 1.165) is 10.0 Å². The monoisotopic (exact) mass is 328 g/mol. The molecule has 0 bridgehead atoms. The van der Waals surface area contributed by atoms with Crippen molar-refractivity contribution in [3.63, 3.8) is 0 Å². The fourth-order valence-electron chi connectivity index (χ4n) is 1.62. The molecule has 0 saturated heterocycles. The lowest BCUT2D eigenvalue weighted by Crippen LogP contribution is -2.33. The van der Waals surface area contributed by atoms with Crippen LogP contribution in [0.5, 0.6) is 0 Å². The van der Waals surface area contributed by atoms with Gasteiger partial charge in [-0.15, -0.1) is 0 Å². The molecule has 0 atom stereocenters. The summed E-state index contributed by atoms with van der Waals surface area (Å²) in [6.45, 7) is 5.11. The van der Waals surface area contributed by atoms with Gasteiger partial charge >= 0.3 is 0 Å². The molecule has 0 heterocycles. The molecule has 1 amide bonds. The Morgan fingerprint density at radius 2 is 2.17 bits per heavy atom. The summed E-state index contributed by atoms with van der Waals surface area (Å²) in [5.41, 5.74) is 7.21. The average Bonchev–Trinajstić information content (AvgIpc) is 2.32. The smallest absolute Gasteiger partial charge is 0.255 e. The van der Waals surface area contributed by atoms with Crippen molar-refractivity contribution in [2.24, 2.45) is 5.73 Å². The zero-order valence-electron chi connectivity index (χ0n) is 10.6. The Morgan fingerprint density at radius 3 is 2.72 bits per heavy atom. The van der Waals surface area contributed by atoms with Crippen molar-refractivity contribution >= 4 is 39.0 Å². The van der Waals surface area contributed by atoms with E-state index in [1.807, 2.05) is 32.0 Å². The number of aryl methyl sites for hydroxylation is 1. The Labute approximate surface area is 121 Å². The summed E-state index contributed by atoms with van der Waals surface area (Å²) in [7, 11) is 0. The number of hydrogen-bond donors (Lipinski definition) is 1. The number of carbonyl (C=O) groups excluding carboxylic acids is 1. The summed E-state index contributed by atoms with van der Waals surface area (Å²) in [4.78, 5) is 14.6. The maximum Gasteiger partial charge on any atom is 0.255 e. The summed E-state index contributed by atoms with van der Waals surface area (Å²) in [5.74, 6) is 0.00400.